The smallest absolute Gasteiger partial charge is 0.340 e. The molecule has 0 saturated carbocycles. The Bertz CT molecular complexity index is 1300. The van der Waals surface area contributed by atoms with Gasteiger partial charge >= 0.3 is 17.1 Å². The SMILES string of the molecule is Cc1cc([N+](=O)[O-])ccc1Oc1c(Cl)cc(-n2c(=O)[nH]c(=O)n(C)c2=O)cc1Cl. The van der Waals surface area contributed by atoms with E-state index in [-0.39, 0.29) is 32.9 Å². The van der Waals surface area contributed by atoms with Gasteiger partial charge in [-0.05, 0) is 30.7 Å². The summed E-state index contributed by atoms with van der Waals surface area (Å²) in [5.41, 5.74) is -2.30. The molecule has 1 heterocycles. The standard InChI is InChI=1S/C17H12Cl2N4O6/c1-8-5-9(23(27)28)3-4-13(8)29-14-11(18)6-10(7-12(14)19)22-16(25)20-15(24)21(2)17(22)26/h3-7H,1-2H3,(H,20,24,25). The van der Waals surface area contributed by atoms with Crippen molar-refractivity contribution in [2.24, 2.45) is 7.05 Å². The molecular weight excluding hydrogens is 427 g/mol. The molecule has 29 heavy (non-hydrogen) atoms. The molecule has 1 aromatic heterocycles. The summed E-state index contributed by atoms with van der Waals surface area (Å²) in [7, 11) is 1.20. The number of nitro groups is 1. The Labute approximate surface area is 171 Å². The van der Waals surface area contributed by atoms with Crippen LogP contribution in [0.3, 0.4) is 0 Å². The zero-order chi connectivity index (χ0) is 21.5. The van der Waals surface area contributed by atoms with Crippen molar-refractivity contribution < 1.29 is 9.66 Å². The maximum Gasteiger partial charge on any atom is 0.340 e. The van der Waals surface area contributed by atoms with E-state index in [4.69, 9.17) is 27.9 Å². The highest BCUT2D eigenvalue weighted by atomic mass is 35.5. The normalized spacial score (nSPS) is 10.8. The number of nitro benzene ring substituents is 1. The minimum Gasteiger partial charge on any atom is -0.454 e. The van der Waals surface area contributed by atoms with E-state index in [0.29, 0.717) is 14.7 Å². The second kappa shape index (κ2) is 7.57. The number of aromatic amines is 1. The van der Waals surface area contributed by atoms with Crippen LogP contribution in [0.4, 0.5) is 5.69 Å². The fourth-order valence-electron chi connectivity index (χ4n) is 2.53. The van der Waals surface area contributed by atoms with Crippen molar-refractivity contribution in [3.8, 4) is 17.2 Å². The quantitative estimate of drug-likeness (QED) is 0.491. The number of benzene rings is 2. The second-order valence-electron chi connectivity index (χ2n) is 5.96. The fourth-order valence-corrected chi connectivity index (χ4v) is 3.08. The molecule has 0 atom stereocenters. The minimum atomic E-state index is -0.954. The zero-order valence-electron chi connectivity index (χ0n) is 14.9. The summed E-state index contributed by atoms with van der Waals surface area (Å²) in [6, 6.07) is 6.53. The van der Waals surface area contributed by atoms with Gasteiger partial charge in [-0.25, -0.2) is 23.5 Å². The third-order valence-electron chi connectivity index (χ3n) is 4.02. The van der Waals surface area contributed by atoms with Gasteiger partial charge in [-0.15, -0.1) is 0 Å². The molecule has 0 unspecified atom stereocenters. The Balaban J connectivity index is 2.08. The first kappa shape index (κ1) is 20.4. The predicted molar refractivity (Wildman–Crippen MR) is 106 cm³/mol. The molecule has 3 aromatic rings. The van der Waals surface area contributed by atoms with Gasteiger partial charge < -0.3 is 4.74 Å². The van der Waals surface area contributed by atoms with E-state index in [1.54, 1.807) is 6.92 Å². The maximum atomic E-state index is 12.3. The first-order valence-corrected chi connectivity index (χ1v) is 8.70. The van der Waals surface area contributed by atoms with E-state index in [9.17, 15) is 24.5 Å². The Kier molecular flexibility index (Phi) is 5.31. The Morgan fingerprint density at radius 2 is 1.69 bits per heavy atom. The molecule has 0 aliphatic carbocycles. The molecule has 0 radical (unpaired) electrons. The lowest BCUT2D eigenvalue weighted by molar-refractivity contribution is -0.384. The van der Waals surface area contributed by atoms with Crippen LogP contribution in [-0.2, 0) is 7.05 Å². The van der Waals surface area contributed by atoms with Crippen LogP contribution in [0.1, 0.15) is 5.56 Å². The van der Waals surface area contributed by atoms with Gasteiger partial charge in [0.05, 0.1) is 20.7 Å². The lowest BCUT2D eigenvalue weighted by atomic mass is 10.2. The van der Waals surface area contributed by atoms with Gasteiger partial charge in [-0.3, -0.25) is 15.1 Å². The molecule has 0 saturated heterocycles. The number of nitrogens with zero attached hydrogens (tertiary/aromatic N) is 3. The number of nitrogens with one attached hydrogen (secondary N) is 1. The second-order valence-corrected chi connectivity index (χ2v) is 6.77. The largest absolute Gasteiger partial charge is 0.454 e. The lowest BCUT2D eigenvalue weighted by Gasteiger charge is -2.14. The van der Waals surface area contributed by atoms with E-state index in [1.165, 1.54) is 37.4 Å². The van der Waals surface area contributed by atoms with Crippen LogP contribution >= 0.6 is 23.2 Å². The van der Waals surface area contributed by atoms with Gasteiger partial charge in [0.15, 0.2) is 5.75 Å². The molecule has 12 heteroatoms. The van der Waals surface area contributed by atoms with Gasteiger partial charge in [0.1, 0.15) is 5.75 Å². The van der Waals surface area contributed by atoms with Crippen LogP contribution in [0.2, 0.25) is 10.0 Å². The third kappa shape index (κ3) is 3.80. The highest BCUT2D eigenvalue weighted by molar-refractivity contribution is 6.37. The first-order chi connectivity index (χ1) is 13.6. The number of aryl methyl sites for hydroxylation is 1. The Hall–Kier alpha value is -3.37. The van der Waals surface area contributed by atoms with Gasteiger partial charge in [0.25, 0.3) is 5.69 Å². The van der Waals surface area contributed by atoms with Crippen LogP contribution in [0.15, 0.2) is 44.7 Å². The summed E-state index contributed by atoms with van der Waals surface area (Å²) in [6.45, 7) is 1.61. The number of hydrogen-bond acceptors (Lipinski definition) is 6. The van der Waals surface area contributed by atoms with Crippen molar-refractivity contribution in [2.45, 2.75) is 6.92 Å². The van der Waals surface area contributed by atoms with Crippen molar-refractivity contribution in [2.75, 3.05) is 0 Å². The molecule has 2 aromatic carbocycles. The van der Waals surface area contributed by atoms with Crippen LogP contribution in [0.5, 0.6) is 11.5 Å². The molecule has 0 spiro atoms. The number of aromatic nitrogens is 3. The molecule has 1 N–H and O–H groups in total. The highest BCUT2D eigenvalue weighted by Gasteiger charge is 2.17. The molecule has 0 bridgehead atoms. The summed E-state index contributed by atoms with van der Waals surface area (Å²) < 4.78 is 7.10. The molecule has 0 aliphatic rings. The van der Waals surface area contributed by atoms with Crippen molar-refractivity contribution in [3.05, 3.63) is 87.5 Å². The van der Waals surface area contributed by atoms with Gasteiger partial charge in [0.2, 0.25) is 0 Å². The number of ether oxygens (including phenoxy) is 1. The number of hydrogen-bond donors (Lipinski definition) is 1. The molecule has 0 fully saturated rings. The van der Waals surface area contributed by atoms with Gasteiger partial charge in [0, 0.05) is 19.2 Å². The summed E-state index contributed by atoms with van der Waals surface area (Å²) in [5, 5.41) is 10.8. The van der Waals surface area contributed by atoms with Crippen molar-refractivity contribution in [1.82, 2.24) is 14.1 Å². The molecule has 150 valence electrons. The van der Waals surface area contributed by atoms with Crippen LogP contribution in [0.25, 0.3) is 5.69 Å². The molecule has 0 aliphatic heterocycles. The molecule has 0 amide bonds. The summed E-state index contributed by atoms with van der Waals surface area (Å²) in [4.78, 5) is 48.2. The summed E-state index contributed by atoms with van der Waals surface area (Å²) in [5.74, 6) is 0.313. The summed E-state index contributed by atoms with van der Waals surface area (Å²) >= 11 is 12.5. The van der Waals surface area contributed by atoms with Gasteiger partial charge in [-0.2, -0.15) is 0 Å². The molecular formula is C17H12Cl2N4O6. The van der Waals surface area contributed by atoms with E-state index in [0.717, 1.165) is 0 Å². The van der Waals surface area contributed by atoms with E-state index >= 15 is 0 Å². The number of halogens is 2. The van der Waals surface area contributed by atoms with Crippen LogP contribution in [-0.4, -0.2) is 19.0 Å². The average molecular weight is 439 g/mol. The number of rotatable bonds is 4. The van der Waals surface area contributed by atoms with Crippen molar-refractivity contribution in [3.63, 3.8) is 0 Å². The van der Waals surface area contributed by atoms with Crippen LogP contribution < -0.4 is 21.8 Å². The zero-order valence-corrected chi connectivity index (χ0v) is 16.4. The number of H-pyrrole nitrogens is 1. The van der Waals surface area contributed by atoms with Crippen molar-refractivity contribution in [1.29, 1.82) is 0 Å². The lowest BCUT2D eigenvalue weighted by Crippen LogP contribution is -2.47. The van der Waals surface area contributed by atoms with Gasteiger partial charge in [-0.1, -0.05) is 23.2 Å². The van der Waals surface area contributed by atoms with E-state index < -0.39 is 22.0 Å². The number of non-ortho nitro benzene ring substituents is 1. The molecule has 3 rings (SSSR count). The average Bonchev–Trinajstić information content (AvgIpc) is 2.63. The Morgan fingerprint density at radius 3 is 2.24 bits per heavy atom. The first-order valence-electron chi connectivity index (χ1n) is 7.95. The Morgan fingerprint density at radius 1 is 1.07 bits per heavy atom. The monoisotopic (exact) mass is 438 g/mol. The fraction of sp³-hybridized carbons (Fsp3) is 0.118. The van der Waals surface area contributed by atoms with E-state index in [1.807, 2.05) is 4.98 Å². The van der Waals surface area contributed by atoms with Crippen molar-refractivity contribution >= 4 is 28.9 Å². The predicted octanol–water partition coefficient (Wildman–Crippen LogP) is 2.54. The topological polar surface area (TPSA) is 129 Å². The minimum absolute atomic E-state index is 0.0228. The highest BCUT2D eigenvalue weighted by Crippen LogP contribution is 2.39. The molecule has 10 nitrogen and oxygen atoms in total. The van der Waals surface area contributed by atoms with E-state index in [2.05, 4.69) is 0 Å². The third-order valence-corrected chi connectivity index (χ3v) is 4.58. The summed E-state index contributed by atoms with van der Waals surface area (Å²) in [6.07, 6.45) is 0. The van der Waals surface area contributed by atoms with Crippen LogP contribution in [0, 0.1) is 17.0 Å². The maximum absolute atomic E-state index is 12.3.